The molecule has 138 valence electrons. The van der Waals surface area contributed by atoms with Crippen LogP contribution in [0.4, 0.5) is 10.5 Å². The number of piperazine rings is 1. The summed E-state index contributed by atoms with van der Waals surface area (Å²) in [5, 5.41) is 2.91. The molecule has 2 rings (SSSR count). The van der Waals surface area contributed by atoms with Gasteiger partial charge in [-0.2, -0.15) is 0 Å². The maximum absolute atomic E-state index is 12.2. The molecule has 0 bridgehead atoms. The number of esters is 1. The van der Waals surface area contributed by atoms with Crippen LogP contribution >= 0.6 is 0 Å². The number of carbonyl (C=O) groups is 2. The number of para-hydroxylation sites is 2. The zero-order valence-electron chi connectivity index (χ0n) is 15.0. The molecule has 0 unspecified atom stereocenters. The van der Waals surface area contributed by atoms with Gasteiger partial charge in [0.15, 0.2) is 0 Å². The van der Waals surface area contributed by atoms with E-state index in [9.17, 15) is 9.59 Å². The minimum atomic E-state index is -0.209. The van der Waals surface area contributed by atoms with Crippen molar-refractivity contribution in [2.24, 2.45) is 0 Å². The van der Waals surface area contributed by atoms with Crippen molar-refractivity contribution in [2.45, 2.75) is 19.3 Å². The standard InChI is InChI=1S/C18H27N3O4/c1-24-16-8-4-3-7-15(16)20-11-13-21(14-12-20)18(23)19-10-6-5-9-17(22)25-2/h3-4,7-8H,5-6,9-14H2,1-2H3,(H,19,23). The second kappa shape index (κ2) is 9.76. The van der Waals surface area contributed by atoms with Gasteiger partial charge in [-0.1, -0.05) is 12.1 Å². The van der Waals surface area contributed by atoms with Gasteiger partial charge in [0.1, 0.15) is 5.75 Å². The molecule has 0 aromatic heterocycles. The van der Waals surface area contributed by atoms with Crippen molar-refractivity contribution in [2.75, 3.05) is 51.8 Å². The summed E-state index contributed by atoms with van der Waals surface area (Å²) < 4.78 is 9.99. The molecule has 1 aromatic carbocycles. The Balaban J connectivity index is 1.70. The van der Waals surface area contributed by atoms with Gasteiger partial charge in [-0.3, -0.25) is 4.79 Å². The minimum absolute atomic E-state index is 0.0438. The number of hydrogen-bond acceptors (Lipinski definition) is 5. The number of nitrogens with zero attached hydrogens (tertiary/aromatic N) is 2. The lowest BCUT2D eigenvalue weighted by atomic mass is 10.2. The van der Waals surface area contributed by atoms with Crippen molar-refractivity contribution in [3.05, 3.63) is 24.3 Å². The zero-order chi connectivity index (χ0) is 18.1. The number of methoxy groups -OCH3 is 2. The number of carbonyl (C=O) groups excluding carboxylic acids is 2. The number of amides is 2. The summed E-state index contributed by atoms with van der Waals surface area (Å²) in [7, 11) is 3.05. The average Bonchev–Trinajstić information content (AvgIpc) is 2.67. The van der Waals surface area contributed by atoms with E-state index in [1.165, 1.54) is 7.11 Å². The Morgan fingerprint density at radius 1 is 1.08 bits per heavy atom. The highest BCUT2D eigenvalue weighted by molar-refractivity contribution is 5.74. The third kappa shape index (κ3) is 5.55. The monoisotopic (exact) mass is 349 g/mol. The minimum Gasteiger partial charge on any atom is -0.495 e. The van der Waals surface area contributed by atoms with E-state index in [0.29, 0.717) is 32.5 Å². The summed E-state index contributed by atoms with van der Waals surface area (Å²) in [6, 6.07) is 7.88. The summed E-state index contributed by atoms with van der Waals surface area (Å²) in [4.78, 5) is 27.3. The number of urea groups is 1. The van der Waals surface area contributed by atoms with E-state index in [1.54, 1.807) is 7.11 Å². The summed E-state index contributed by atoms with van der Waals surface area (Å²) in [5.74, 6) is 0.643. The fourth-order valence-corrected chi connectivity index (χ4v) is 2.84. The number of anilines is 1. The molecular formula is C18H27N3O4. The fraction of sp³-hybridized carbons (Fsp3) is 0.556. The largest absolute Gasteiger partial charge is 0.495 e. The lowest BCUT2D eigenvalue weighted by Gasteiger charge is -2.36. The molecule has 0 aliphatic carbocycles. The molecule has 0 spiro atoms. The average molecular weight is 349 g/mol. The van der Waals surface area contributed by atoms with Crippen LogP contribution in [0, 0.1) is 0 Å². The van der Waals surface area contributed by atoms with Crippen molar-refractivity contribution in [3.8, 4) is 5.75 Å². The molecule has 25 heavy (non-hydrogen) atoms. The highest BCUT2D eigenvalue weighted by Gasteiger charge is 2.22. The van der Waals surface area contributed by atoms with Crippen LogP contribution < -0.4 is 15.0 Å². The highest BCUT2D eigenvalue weighted by atomic mass is 16.5. The van der Waals surface area contributed by atoms with Gasteiger partial charge in [0.05, 0.1) is 19.9 Å². The SMILES string of the molecule is COC(=O)CCCCNC(=O)N1CCN(c2ccccc2OC)CC1. The van der Waals surface area contributed by atoms with Crippen LogP contribution in [0.5, 0.6) is 5.75 Å². The van der Waals surface area contributed by atoms with E-state index >= 15 is 0 Å². The van der Waals surface area contributed by atoms with E-state index in [-0.39, 0.29) is 12.0 Å². The Kier molecular flexibility index (Phi) is 7.37. The summed E-state index contributed by atoms with van der Waals surface area (Å²) >= 11 is 0. The molecular weight excluding hydrogens is 322 g/mol. The molecule has 1 aliphatic rings. The van der Waals surface area contributed by atoms with Crippen molar-refractivity contribution in [1.82, 2.24) is 10.2 Å². The summed E-state index contributed by atoms with van der Waals surface area (Å²) in [6.07, 6.45) is 1.88. The maximum atomic E-state index is 12.2. The fourth-order valence-electron chi connectivity index (χ4n) is 2.84. The molecule has 1 aliphatic heterocycles. The molecule has 2 amide bonds. The molecule has 0 radical (unpaired) electrons. The quantitative estimate of drug-likeness (QED) is 0.601. The molecule has 7 nitrogen and oxygen atoms in total. The molecule has 1 fully saturated rings. The van der Waals surface area contributed by atoms with Crippen LogP contribution in [0.15, 0.2) is 24.3 Å². The van der Waals surface area contributed by atoms with E-state index in [2.05, 4.69) is 15.0 Å². The van der Waals surface area contributed by atoms with Crippen LogP contribution in [-0.4, -0.2) is 63.8 Å². The van der Waals surface area contributed by atoms with Gasteiger partial charge in [-0.05, 0) is 25.0 Å². The van der Waals surface area contributed by atoms with Crippen LogP contribution in [0.1, 0.15) is 19.3 Å². The first-order valence-corrected chi connectivity index (χ1v) is 8.63. The van der Waals surface area contributed by atoms with Gasteiger partial charge in [-0.15, -0.1) is 0 Å². The number of unbranched alkanes of at least 4 members (excludes halogenated alkanes) is 1. The molecule has 0 atom stereocenters. The third-order valence-corrected chi connectivity index (χ3v) is 4.30. The second-order valence-corrected chi connectivity index (χ2v) is 5.91. The number of hydrogen-bond donors (Lipinski definition) is 1. The predicted octanol–water partition coefficient (Wildman–Crippen LogP) is 1.87. The first-order chi connectivity index (χ1) is 12.2. The van der Waals surface area contributed by atoms with Gasteiger partial charge in [0.25, 0.3) is 0 Å². The molecule has 1 heterocycles. The van der Waals surface area contributed by atoms with Gasteiger partial charge in [0.2, 0.25) is 0 Å². The number of benzene rings is 1. The van der Waals surface area contributed by atoms with Gasteiger partial charge >= 0.3 is 12.0 Å². The van der Waals surface area contributed by atoms with Crippen molar-refractivity contribution >= 4 is 17.7 Å². The van der Waals surface area contributed by atoms with Crippen LogP contribution in [-0.2, 0) is 9.53 Å². The second-order valence-electron chi connectivity index (χ2n) is 5.91. The lowest BCUT2D eigenvalue weighted by Crippen LogP contribution is -2.52. The van der Waals surface area contributed by atoms with Crippen molar-refractivity contribution < 1.29 is 19.1 Å². The third-order valence-electron chi connectivity index (χ3n) is 4.30. The molecule has 1 saturated heterocycles. The normalized spacial score (nSPS) is 14.2. The molecule has 1 aromatic rings. The van der Waals surface area contributed by atoms with Gasteiger partial charge in [-0.25, -0.2) is 4.79 Å². The van der Waals surface area contributed by atoms with Crippen molar-refractivity contribution in [3.63, 3.8) is 0 Å². The molecule has 7 heteroatoms. The first-order valence-electron chi connectivity index (χ1n) is 8.63. The highest BCUT2D eigenvalue weighted by Crippen LogP contribution is 2.28. The summed E-state index contributed by atoms with van der Waals surface area (Å²) in [6.45, 7) is 3.47. The van der Waals surface area contributed by atoms with E-state index in [4.69, 9.17) is 4.74 Å². The number of rotatable bonds is 7. The van der Waals surface area contributed by atoms with E-state index in [1.807, 2.05) is 29.2 Å². The molecule has 0 saturated carbocycles. The van der Waals surface area contributed by atoms with Gasteiger partial charge < -0.3 is 24.6 Å². The Labute approximate surface area is 148 Å². The number of nitrogens with one attached hydrogen (secondary N) is 1. The topological polar surface area (TPSA) is 71.1 Å². The number of ether oxygens (including phenoxy) is 2. The van der Waals surface area contributed by atoms with Crippen LogP contribution in [0.3, 0.4) is 0 Å². The lowest BCUT2D eigenvalue weighted by molar-refractivity contribution is -0.140. The summed E-state index contributed by atoms with van der Waals surface area (Å²) in [5.41, 5.74) is 1.06. The van der Waals surface area contributed by atoms with E-state index < -0.39 is 0 Å². The first kappa shape index (κ1) is 18.9. The van der Waals surface area contributed by atoms with Crippen LogP contribution in [0.2, 0.25) is 0 Å². The van der Waals surface area contributed by atoms with Crippen molar-refractivity contribution in [1.29, 1.82) is 0 Å². The Morgan fingerprint density at radius 2 is 1.80 bits per heavy atom. The smallest absolute Gasteiger partial charge is 0.317 e. The van der Waals surface area contributed by atoms with Gasteiger partial charge in [0, 0.05) is 39.1 Å². The Bertz CT molecular complexity index is 571. The maximum Gasteiger partial charge on any atom is 0.317 e. The molecule has 1 N–H and O–H groups in total. The zero-order valence-corrected chi connectivity index (χ0v) is 15.0. The Hall–Kier alpha value is -2.44. The van der Waals surface area contributed by atoms with E-state index in [0.717, 1.165) is 30.9 Å². The van der Waals surface area contributed by atoms with Crippen LogP contribution in [0.25, 0.3) is 0 Å². The Morgan fingerprint density at radius 3 is 2.48 bits per heavy atom. The predicted molar refractivity (Wildman–Crippen MR) is 96.0 cm³/mol.